The largest absolute Gasteiger partial charge is 0.351 e. The number of para-hydroxylation sites is 1. The van der Waals surface area contributed by atoms with Gasteiger partial charge in [0.25, 0.3) is 5.91 Å². The lowest BCUT2D eigenvalue weighted by atomic mass is 10.2. The van der Waals surface area contributed by atoms with Gasteiger partial charge in [0.15, 0.2) is 0 Å². The number of hydrogen-bond donors (Lipinski definition) is 2. The Labute approximate surface area is 176 Å². The number of benzene rings is 2. The summed E-state index contributed by atoms with van der Waals surface area (Å²) in [7, 11) is 0. The van der Waals surface area contributed by atoms with Gasteiger partial charge < -0.3 is 15.2 Å². The van der Waals surface area contributed by atoms with E-state index in [2.05, 4.69) is 23.9 Å². The number of fused-ring (bicyclic) bond motifs is 2. The number of piperazine rings is 1. The molecule has 0 atom stereocenters. The van der Waals surface area contributed by atoms with E-state index in [1.165, 1.54) is 0 Å². The lowest BCUT2D eigenvalue weighted by molar-refractivity contribution is -0.117. The third-order valence-corrected chi connectivity index (χ3v) is 5.89. The molecular weight excluding hydrogens is 400 g/mol. The van der Waals surface area contributed by atoms with Gasteiger partial charge in [-0.2, -0.15) is 8.75 Å². The van der Waals surface area contributed by atoms with E-state index in [0.29, 0.717) is 43.1 Å². The maximum Gasteiger partial charge on any atom is 0.270 e. The van der Waals surface area contributed by atoms with Crippen LogP contribution in [0.4, 0.5) is 5.69 Å². The normalized spacial score (nSPS) is 15.0. The molecule has 9 heteroatoms. The van der Waals surface area contributed by atoms with E-state index in [-0.39, 0.29) is 18.4 Å². The summed E-state index contributed by atoms with van der Waals surface area (Å²) in [6, 6.07) is 15.3. The van der Waals surface area contributed by atoms with Crippen molar-refractivity contribution in [2.75, 3.05) is 38.0 Å². The summed E-state index contributed by atoms with van der Waals surface area (Å²) in [5.74, 6) is -0.0936. The SMILES string of the molecule is O=C(CN1CCN(C(=O)c2cc3ccccc3[nH]2)CC1)Nc1cccc2nsnc12. The Morgan fingerprint density at radius 2 is 1.87 bits per heavy atom. The van der Waals surface area contributed by atoms with Crippen molar-refractivity contribution in [2.45, 2.75) is 0 Å². The number of hydrogen-bond acceptors (Lipinski definition) is 6. The summed E-state index contributed by atoms with van der Waals surface area (Å²) >= 11 is 1.13. The van der Waals surface area contributed by atoms with E-state index >= 15 is 0 Å². The minimum Gasteiger partial charge on any atom is -0.351 e. The lowest BCUT2D eigenvalue weighted by Gasteiger charge is -2.34. The molecule has 2 aromatic heterocycles. The van der Waals surface area contributed by atoms with E-state index in [1.807, 2.05) is 53.4 Å². The fraction of sp³-hybridized carbons (Fsp3) is 0.238. The molecule has 2 aromatic carbocycles. The van der Waals surface area contributed by atoms with Gasteiger partial charge >= 0.3 is 0 Å². The van der Waals surface area contributed by atoms with Crippen molar-refractivity contribution in [3.63, 3.8) is 0 Å². The molecule has 4 aromatic rings. The molecule has 0 unspecified atom stereocenters. The molecule has 1 aliphatic rings. The van der Waals surface area contributed by atoms with Crippen LogP contribution in [0.25, 0.3) is 21.9 Å². The third-order valence-electron chi connectivity index (χ3n) is 5.35. The monoisotopic (exact) mass is 420 g/mol. The van der Waals surface area contributed by atoms with Crippen LogP contribution in [0.3, 0.4) is 0 Å². The van der Waals surface area contributed by atoms with E-state index in [9.17, 15) is 9.59 Å². The molecule has 152 valence electrons. The number of aromatic nitrogens is 3. The number of nitrogens with zero attached hydrogens (tertiary/aromatic N) is 4. The average molecular weight is 420 g/mol. The number of amides is 2. The van der Waals surface area contributed by atoms with Crippen molar-refractivity contribution in [2.24, 2.45) is 0 Å². The van der Waals surface area contributed by atoms with Gasteiger partial charge in [-0.1, -0.05) is 24.3 Å². The second kappa shape index (κ2) is 7.85. The number of anilines is 1. The molecule has 8 nitrogen and oxygen atoms in total. The molecule has 0 radical (unpaired) electrons. The van der Waals surface area contributed by atoms with Crippen molar-refractivity contribution < 1.29 is 9.59 Å². The van der Waals surface area contributed by atoms with Crippen molar-refractivity contribution >= 4 is 51.2 Å². The number of carbonyl (C=O) groups excluding carboxylic acids is 2. The minimum absolute atomic E-state index is 0.00184. The second-order valence-corrected chi connectivity index (χ2v) is 7.85. The van der Waals surface area contributed by atoms with Gasteiger partial charge in [0.1, 0.15) is 16.7 Å². The highest BCUT2D eigenvalue weighted by atomic mass is 32.1. The number of H-pyrrole nitrogens is 1. The maximum absolute atomic E-state index is 12.8. The summed E-state index contributed by atoms with van der Waals surface area (Å²) < 4.78 is 8.44. The predicted molar refractivity (Wildman–Crippen MR) is 117 cm³/mol. The van der Waals surface area contributed by atoms with Crippen LogP contribution in [0.1, 0.15) is 10.5 Å². The Balaban J connectivity index is 1.17. The zero-order chi connectivity index (χ0) is 20.5. The van der Waals surface area contributed by atoms with Gasteiger partial charge in [-0.05, 0) is 24.3 Å². The van der Waals surface area contributed by atoms with Crippen LogP contribution in [0, 0.1) is 0 Å². The van der Waals surface area contributed by atoms with Gasteiger partial charge in [-0.3, -0.25) is 14.5 Å². The molecule has 1 fully saturated rings. The highest BCUT2D eigenvalue weighted by molar-refractivity contribution is 7.00. The van der Waals surface area contributed by atoms with E-state index in [4.69, 9.17) is 0 Å². The number of carbonyl (C=O) groups is 2. The van der Waals surface area contributed by atoms with Crippen molar-refractivity contribution in [1.82, 2.24) is 23.5 Å². The summed E-state index contributed by atoms with van der Waals surface area (Å²) in [5, 5.41) is 3.96. The first kappa shape index (κ1) is 18.7. The number of aromatic amines is 1. The molecule has 2 amide bonds. The Morgan fingerprint density at radius 1 is 1.03 bits per heavy atom. The van der Waals surface area contributed by atoms with Crippen LogP contribution in [-0.4, -0.2) is 68.1 Å². The smallest absolute Gasteiger partial charge is 0.270 e. The Hall–Kier alpha value is -3.30. The van der Waals surface area contributed by atoms with E-state index in [0.717, 1.165) is 28.1 Å². The fourth-order valence-corrected chi connectivity index (χ4v) is 4.32. The molecule has 0 spiro atoms. The Morgan fingerprint density at radius 3 is 2.70 bits per heavy atom. The molecule has 3 heterocycles. The lowest BCUT2D eigenvalue weighted by Crippen LogP contribution is -2.50. The Kier molecular flexibility index (Phi) is 4.89. The van der Waals surface area contributed by atoms with Crippen molar-refractivity contribution in [1.29, 1.82) is 0 Å². The zero-order valence-corrected chi connectivity index (χ0v) is 17.0. The van der Waals surface area contributed by atoms with E-state index < -0.39 is 0 Å². The maximum atomic E-state index is 12.8. The third kappa shape index (κ3) is 3.64. The van der Waals surface area contributed by atoms with Crippen LogP contribution in [-0.2, 0) is 4.79 Å². The molecule has 1 aliphatic heterocycles. The molecule has 30 heavy (non-hydrogen) atoms. The average Bonchev–Trinajstić information content (AvgIpc) is 3.41. The topological polar surface area (TPSA) is 94.2 Å². The fourth-order valence-electron chi connectivity index (χ4n) is 3.77. The second-order valence-electron chi connectivity index (χ2n) is 7.32. The molecule has 5 rings (SSSR count). The molecule has 0 aliphatic carbocycles. The first-order chi connectivity index (χ1) is 14.7. The summed E-state index contributed by atoms with van der Waals surface area (Å²) in [4.78, 5) is 32.4. The Bertz CT molecular complexity index is 1190. The number of rotatable bonds is 4. The summed E-state index contributed by atoms with van der Waals surface area (Å²) in [6.45, 7) is 2.77. The van der Waals surface area contributed by atoms with Crippen LogP contribution in [0.5, 0.6) is 0 Å². The van der Waals surface area contributed by atoms with Crippen molar-refractivity contribution in [3.05, 3.63) is 54.2 Å². The highest BCUT2D eigenvalue weighted by Crippen LogP contribution is 2.21. The van der Waals surface area contributed by atoms with Crippen molar-refractivity contribution in [3.8, 4) is 0 Å². The zero-order valence-electron chi connectivity index (χ0n) is 16.2. The summed E-state index contributed by atoms with van der Waals surface area (Å²) in [6.07, 6.45) is 0. The molecule has 0 saturated carbocycles. The first-order valence-corrected chi connectivity index (χ1v) is 10.5. The standard InChI is InChI=1S/C21H20N6O2S/c28-19(23-16-6-3-7-17-20(16)25-30-24-17)13-26-8-10-27(11-9-26)21(29)18-12-14-4-1-2-5-15(14)22-18/h1-7,12,22H,8-11,13H2,(H,23,28). The molecular formula is C21H20N6O2S. The van der Waals surface area contributed by atoms with Gasteiger partial charge in [0.05, 0.1) is 24.0 Å². The van der Waals surface area contributed by atoms with Gasteiger partial charge in [-0.15, -0.1) is 0 Å². The molecule has 2 N–H and O–H groups in total. The molecule has 0 bridgehead atoms. The van der Waals surface area contributed by atoms with Gasteiger partial charge in [-0.25, -0.2) is 0 Å². The van der Waals surface area contributed by atoms with Gasteiger partial charge in [0, 0.05) is 37.1 Å². The van der Waals surface area contributed by atoms with Crippen LogP contribution in [0.2, 0.25) is 0 Å². The minimum atomic E-state index is -0.0918. The molecule has 1 saturated heterocycles. The van der Waals surface area contributed by atoms with E-state index in [1.54, 1.807) is 0 Å². The quantitative estimate of drug-likeness (QED) is 0.529. The number of nitrogens with one attached hydrogen (secondary N) is 2. The predicted octanol–water partition coefficient (Wildman–Crippen LogP) is 2.57. The van der Waals surface area contributed by atoms with Crippen LogP contribution < -0.4 is 5.32 Å². The first-order valence-electron chi connectivity index (χ1n) is 9.78. The van der Waals surface area contributed by atoms with Crippen LogP contribution >= 0.6 is 11.7 Å². The summed E-state index contributed by atoms with van der Waals surface area (Å²) in [5.41, 5.74) is 3.74. The van der Waals surface area contributed by atoms with Crippen LogP contribution in [0.15, 0.2) is 48.5 Å². The highest BCUT2D eigenvalue weighted by Gasteiger charge is 2.24. The van der Waals surface area contributed by atoms with Gasteiger partial charge in [0.2, 0.25) is 5.91 Å².